The lowest BCUT2D eigenvalue weighted by atomic mass is 9.91. The molecule has 0 fully saturated rings. The van der Waals surface area contributed by atoms with Crippen molar-refractivity contribution in [1.82, 2.24) is 10.6 Å². The molecule has 0 unspecified atom stereocenters. The number of halogens is 1. The number of carbonyl (C=O) groups excluding carboxylic acids is 2. The number of anilines is 1. The van der Waals surface area contributed by atoms with Gasteiger partial charge in [-0.25, -0.2) is 9.59 Å². The van der Waals surface area contributed by atoms with E-state index in [4.69, 9.17) is 4.74 Å². The fraction of sp³-hybridized carbons (Fsp3) is 0.238. The van der Waals surface area contributed by atoms with Crippen LogP contribution in [0.2, 0.25) is 0 Å². The van der Waals surface area contributed by atoms with E-state index in [0.717, 1.165) is 25.9 Å². The van der Waals surface area contributed by atoms with E-state index in [-0.39, 0.29) is 6.03 Å². The number of carbonyl (C=O) groups is 2. The van der Waals surface area contributed by atoms with Crippen LogP contribution in [0.15, 0.2) is 53.7 Å². The SMILES string of the molecule is COC(=O)C1=C(CNc2ccc(I)cc2)NC(=O)N[C@@H]1c1cc(C)ccc1C. The number of esters is 1. The van der Waals surface area contributed by atoms with Crippen LogP contribution in [0.4, 0.5) is 10.5 Å². The molecule has 2 amide bonds. The average Bonchev–Trinajstić information content (AvgIpc) is 2.68. The maximum atomic E-state index is 12.6. The number of rotatable bonds is 5. The number of nitrogens with one attached hydrogen (secondary N) is 3. The normalized spacial score (nSPS) is 16.3. The Bertz CT molecular complexity index is 938. The Morgan fingerprint density at radius 2 is 1.89 bits per heavy atom. The fourth-order valence-electron chi connectivity index (χ4n) is 3.17. The highest BCUT2D eigenvalue weighted by atomic mass is 127. The molecule has 7 heteroatoms. The van der Waals surface area contributed by atoms with Crippen molar-refractivity contribution in [3.63, 3.8) is 0 Å². The van der Waals surface area contributed by atoms with Crippen molar-refractivity contribution in [2.45, 2.75) is 19.9 Å². The molecule has 0 spiro atoms. The van der Waals surface area contributed by atoms with Gasteiger partial charge in [-0.1, -0.05) is 23.8 Å². The van der Waals surface area contributed by atoms with Gasteiger partial charge in [-0.2, -0.15) is 0 Å². The standard InChI is InChI=1S/C21H22IN3O3/c1-12-4-5-13(2)16(10-12)19-18(20(26)28-3)17(24-21(27)25-19)11-23-15-8-6-14(22)7-9-15/h4-10,19,23H,11H2,1-3H3,(H2,24,25,27)/t19-/m1/s1. The molecule has 0 radical (unpaired) electrons. The number of aryl methyl sites for hydroxylation is 2. The minimum atomic E-state index is -0.574. The first-order valence-electron chi connectivity index (χ1n) is 8.84. The van der Waals surface area contributed by atoms with E-state index in [1.54, 1.807) is 0 Å². The van der Waals surface area contributed by atoms with Gasteiger partial charge in [0.2, 0.25) is 0 Å². The molecule has 0 bridgehead atoms. The third kappa shape index (κ3) is 4.46. The van der Waals surface area contributed by atoms with Crippen molar-refractivity contribution < 1.29 is 14.3 Å². The summed E-state index contributed by atoms with van der Waals surface area (Å²) in [5.41, 5.74) is 4.71. The maximum Gasteiger partial charge on any atom is 0.338 e. The minimum absolute atomic E-state index is 0.291. The lowest BCUT2D eigenvalue weighted by Crippen LogP contribution is -2.47. The molecule has 1 heterocycles. The third-order valence-electron chi connectivity index (χ3n) is 4.62. The van der Waals surface area contributed by atoms with Crippen LogP contribution >= 0.6 is 22.6 Å². The van der Waals surface area contributed by atoms with Gasteiger partial charge in [0.15, 0.2) is 0 Å². The molecule has 0 aliphatic carbocycles. The van der Waals surface area contributed by atoms with Crippen molar-refractivity contribution in [1.29, 1.82) is 0 Å². The van der Waals surface area contributed by atoms with E-state index >= 15 is 0 Å². The average molecular weight is 491 g/mol. The number of methoxy groups -OCH3 is 1. The largest absolute Gasteiger partial charge is 0.466 e. The van der Waals surface area contributed by atoms with E-state index in [0.29, 0.717) is 17.8 Å². The Kier molecular flexibility index (Phi) is 6.23. The van der Waals surface area contributed by atoms with E-state index in [1.165, 1.54) is 7.11 Å². The van der Waals surface area contributed by atoms with E-state index < -0.39 is 12.0 Å². The number of ether oxygens (including phenoxy) is 1. The zero-order valence-corrected chi connectivity index (χ0v) is 18.1. The molecule has 0 saturated carbocycles. The van der Waals surface area contributed by atoms with Crippen LogP contribution in [-0.4, -0.2) is 25.7 Å². The number of benzene rings is 2. The first-order chi connectivity index (χ1) is 13.4. The molecule has 1 aliphatic heterocycles. The molecular weight excluding hydrogens is 469 g/mol. The fourth-order valence-corrected chi connectivity index (χ4v) is 3.53. The van der Waals surface area contributed by atoms with Crippen molar-refractivity contribution in [3.8, 4) is 0 Å². The molecule has 2 aromatic carbocycles. The maximum absolute atomic E-state index is 12.6. The van der Waals surface area contributed by atoms with E-state index in [9.17, 15) is 9.59 Å². The Labute approximate surface area is 177 Å². The summed E-state index contributed by atoms with van der Waals surface area (Å²) in [5, 5.41) is 8.88. The first kappa shape index (κ1) is 20.2. The van der Waals surface area contributed by atoms with E-state index in [1.807, 2.05) is 56.3 Å². The van der Waals surface area contributed by atoms with Crippen LogP contribution in [0.5, 0.6) is 0 Å². The Morgan fingerprint density at radius 3 is 2.57 bits per heavy atom. The lowest BCUT2D eigenvalue weighted by Gasteiger charge is -2.30. The summed E-state index contributed by atoms with van der Waals surface area (Å²) in [7, 11) is 1.34. The molecule has 3 rings (SSSR count). The smallest absolute Gasteiger partial charge is 0.338 e. The molecule has 28 heavy (non-hydrogen) atoms. The topological polar surface area (TPSA) is 79.5 Å². The van der Waals surface area contributed by atoms with Crippen LogP contribution in [0.1, 0.15) is 22.7 Å². The second kappa shape index (κ2) is 8.64. The molecular formula is C21H22IN3O3. The van der Waals surface area contributed by atoms with Crippen LogP contribution in [0, 0.1) is 17.4 Å². The van der Waals surface area contributed by atoms with Gasteiger partial charge in [-0.3, -0.25) is 0 Å². The highest BCUT2D eigenvalue weighted by molar-refractivity contribution is 14.1. The number of amides is 2. The zero-order valence-electron chi connectivity index (χ0n) is 15.9. The van der Waals surface area contributed by atoms with Crippen LogP contribution in [-0.2, 0) is 9.53 Å². The highest BCUT2D eigenvalue weighted by Gasteiger charge is 2.34. The predicted molar refractivity (Wildman–Crippen MR) is 117 cm³/mol. The minimum Gasteiger partial charge on any atom is -0.466 e. The van der Waals surface area contributed by atoms with Gasteiger partial charge in [0.25, 0.3) is 0 Å². The quantitative estimate of drug-likeness (QED) is 0.439. The third-order valence-corrected chi connectivity index (χ3v) is 5.34. The molecule has 0 saturated heterocycles. The number of hydrogen-bond acceptors (Lipinski definition) is 4. The molecule has 146 valence electrons. The molecule has 1 aliphatic rings. The lowest BCUT2D eigenvalue weighted by molar-refractivity contribution is -0.136. The Morgan fingerprint density at radius 1 is 1.18 bits per heavy atom. The summed E-state index contributed by atoms with van der Waals surface area (Å²) < 4.78 is 6.16. The first-order valence-corrected chi connectivity index (χ1v) is 9.92. The van der Waals surface area contributed by atoms with Crippen LogP contribution in [0.3, 0.4) is 0 Å². The van der Waals surface area contributed by atoms with Crippen molar-refractivity contribution >= 4 is 40.3 Å². The Balaban J connectivity index is 2.00. The molecule has 0 aromatic heterocycles. The summed E-state index contributed by atoms with van der Waals surface area (Å²) in [6.45, 7) is 4.23. The van der Waals surface area contributed by atoms with Crippen LogP contribution in [0.25, 0.3) is 0 Å². The van der Waals surface area contributed by atoms with Crippen LogP contribution < -0.4 is 16.0 Å². The summed E-state index contributed by atoms with van der Waals surface area (Å²) in [6.07, 6.45) is 0. The molecule has 2 aromatic rings. The van der Waals surface area contributed by atoms with Crippen molar-refractivity contribution in [2.75, 3.05) is 19.0 Å². The zero-order chi connectivity index (χ0) is 20.3. The monoisotopic (exact) mass is 491 g/mol. The van der Waals surface area contributed by atoms with Crippen molar-refractivity contribution in [2.24, 2.45) is 0 Å². The highest BCUT2D eigenvalue weighted by Crippen LogP contribution is 2.30. The summed E-state index contributed by atoms with van der Waals surface area (Å²) in [5.74, 6) is -0.474. The second-order valence-electron chi connectivity index (χ2n) is 6.64. The van der Waals surface area contributed by atoms with Gasteiger partial charge < -0.3 is 20.7 Å². The van der Waals surface area contributed by atoms with Gasteiger partial charge in [0, 0.05) is 9.26 Å². The van der Waals surface area contributed by atoms with Gasteiger partial charge in [0.1, 0.15) is 0 Å². The number of urea groups is 1. The van der Waals surface area contributed by atoms with Crippen molar-refractivity contribution in [3.05, 3.63) is 74.0 Å². The second-order valence-corrected chi connectivity index (χ2v) is 7.88. The summed E-state index contributed by atoms with van der Waals surface area (Å²) in [4.78, 5) is 24.9. The molecule has 6 nitrogen and oxygen atoms in total. The Hall–Kier alpha value is -2.55. The van der Waals surface area contributed by atoms with Gasteiger partial charge >= 0.3 is 12.0 Å². The van der Waals surface area contributed by atoms with Gasteiger partial charge in [-0.05, 0) is 71.8 Å². The van der Waals surface area contributed by atoms with Gasteiger partial charge in [0.05, 0.1) is 31.0 Å². The summed E-state index contributed by atoms with van der Waals surface area (Å²) >= 11 is 2.24. The molecule has 3 N–H and O–H groups in total. The predicted octanol–water partition coefficient (Wildman–Crippen LogP) is 3.80. The molecule has 1 atom stereocenters. The van der Waals surface area contributed by atoms with Gasteiger partial charge in [-0.15, -0.1) is 0 Å². The summed E-state index contributed by atoms with van der Waals surface area (Å²) in [6, 6.07) is 12.9. The van der Waals surface area contributed by atoms with E-state index in [2.05, 4.69) is 38.5 Å². The number of hydrogen-bond donors (Lipinski definition) is 3.